The number of amides is 1. The second-order valence-corrected chi connectivity index (χ2v) is 3.96. The number of nitrogens with one attached hydrogen (secondary N) is 1. The van der Waals surface area contributed by atoms with Gasteiger partial charge >= 0.3 is 0 Å². The zero-order valence-corrected chi connectivity index (χ0v) is 10.8. The highest BCUT2D eigenvalue weighted by atomic mass is 35.5. The number of rotatable bonds is 2. The van der Waals surface area contributed by atoms with E-state index in [1.165, 1.54) is 4.90 Å². The fourth-order valence-electron chi connectivity index (χ4n) is 1.87. The Morgan fingerprint density at radius 1 is 1.37 bits per heavy atom. The van der Waals surface area contributed by atoms with Crippen molar-refractivity contribution in [2.24, 2.45) is 0 Å². The van der Waals surface area contributed by atoms with Crippen LogP contribution in [0.3, 0.4) is 0 Å². The molecule has 1 N–H and O–H groups in total. The van der Waals surface area contributed by atoms with E-state index >= 15 is 0 Å². The summed E-state index contributed by atoms with van der Waals surface area (Å²) in [5, 5.41) is 13.9. The molecule has 1 aromatic carbocycles. The van der Waals surface area contributed by atoms with Crippen LogP contribution in [0.15, 0.2) is 18.2 Å². The molecule has 1 aliphatic heterocycles. The molecule has 0 aromatic heterocycles. The molecule has 1 aromatic rings. The number of nitro groups is 1. The normalized spacial score (nSPS) is 14.7. The van der Waals surface area contributed by atoms with E-state index in [0.717, 1.165) is 18.2 Å². The number of nitrogens with zero attached hydrogens (tertiary/aromatic N) is 2. The summed E-state index contributed by atoms with van der Waals surface area (Å²) < 4.78 is 13.0. The molecular formula is C11H13ClFN3O3. The summed E-state index contributed by atoms with van der Waals surface area (Å²) in [6.45, 7) is 2.29. The largest absolute Gasteiger partial charge is 0.336 e. The molecule has 8 heteroatoms. The first-order chi connectivity index (χ1) is 8.59. The number of carbonyl (C=O) groups excluding carboxylic acids is 1. The van der Waals surface area contributed by atoms with Crippen molar-refractivity contribution in [3.63, 3.8) is 0 Å². The molecule has 19 heavy (non-hydrogen) atoms. The lowest BCUT2D eigenvalue weighted by molar-refractivity contribution is -0.385. The Balaban J connectivity index is 0.00000180. The van der Waals surface area contributed by atoms with Gasteiger partial charge in [0.1, 0.15) is 11.4 Å². The van der Waals surface area contributed by atoms with Gasteiger partial charge in [0.05, 0.1) is 11.0 Å². The summed E-state index contributed by atoms with van der Waals surface area (Å²) >= 11 is 0. The quantitative estimate of drug-likeness (QED) is 0.656. The van der Waals surface area contributed by atoms with Crippen LogP contribution in [0.5, 0.6) is 0 Å². The maximum Gasteiger partial charge on any atom is 0.285 e. The van der Waals surface area contributed by atoms with Gasteiger partial charge in [-0.25, -0.2) is 4.39 Å². The van der Waals surface area contributed by atoms with Gasteiger partial charge in [-0.1, -0.05) is 0 Å². The molecule has 104 valence electrons. The number of benzene rings is 1. The number of halogens is 2. The SMILES string of the molecule is Cl.O=C(c1ccc(F)cc1[N+](=O)[O-])N1CCNCC1. The summed E-state index contributed by atoms with van der Waals surface area (Å²) in [5.74, 6) is -1.15. The first-order valence-corrected chi connectivity index (χ1v) is 5.53. The van der Waals surface area contributed by atoms with E-state index in [2.05, 4.69) is 5.32 Å². The van der Waals surface area contributed by atoms with Crippen molar-refractivity contribution in [3.05, 3.63) is 39.7 Å². The molecule has 2 rings (SSSR count). The summed E-state index contributed by atoms with van der Waals surface area (Å²) in [7, 11) is 0. The molecule has 1 fully saturated rings. The van der Waals surface area contributed by atoms with Gasteiger partial charge < -0.3 is 10.2 Å². The van der Waals surface area contributed by atoms with Crippen molar-refractivity contribution in [3.8, 4) is 0 Å². The summed E-state index contributed by atoms with van der Waals surface area (Å²) in [5.41, 5.74) is -0.554. The van der Waals surface area contributed by atoms with Crippen molar-refractivity contribution in [2.75, 3.05) is 26.2 Å². The molecule has 1 heterocycles. The summed E-state index contributed by atoms with van der Waals surface area (Å²) in [4.78, 5) is 23.7. The number of hydrogen-bond acceptors (Lipinski definition) is 4. The maximum absolute atomic E-state index is 13.0. The van der Waals surface area contributed by atoms with Crippen LogP contribution in [0.4, 0.5) is 10.1 Å². The standard InChI is InChI=1S/C11H12FN3O3.ClH/c12-8-1-2-9(10(7-8)15(17)18)11(16)14-5-3-13-4-6-14;/h1-2,7,13H,3-6H2;1H. The summed E-state index contributed by atoms with van der Waals surface area (Å²) in [6.07, 6.45) is 0. The van der Waals surface area contributed by atoms with Crippen LogP contribution in [0.2, 0.25) is 0 Å². The van der Waals surface area contributed by atoms with Gasteiger partial charge in [0.25, 0.3) is 11.6 Å². The molecule has 0 unspecified atom stereocenters. The van der Waals surface area contributed by atoms with E-state index in [0.29, 0.717) is 26.2 Å². The van der Waals surface area contributed by atoms with Crippen molar-refractivity contribution in [1.29, 1.82) is 0 Å². The second-order valence-electron chi connectivity index (χ2n) is 3.96. The van der Waals surface area contributed by atoms with E-state index in [4.69, 9.17) is 0 Å². The lowest BCUT2D eigenvalue weighted by Crippen LogP contribution is -2.46. The Labute approximate surface area is 115 Å². The van der Waals surface area contributed by atoms with E-state index in [-0.39, 0.29) is 18.0 Å². The van der Waals surface area contributed by atoms with E-state index < -0.39 is 22.3 Å². The number of nitro benzene ring substituents is 1. The van der Waals surface area contributed by atoms with Gasteiger partial charge in [0, 0.05) is 26.2 Å². The Hall–Kier alpha value is -1.73. The highest BCUT2D eigenvalue weighted by molar-refractivity contribution is 5.98. The van der Waals surface area contributed by atoms with Crippen molar-refractivity contribution < 1.29 is 14.1 Å². The van der Waals surface area contributed by atoms with Gasteiger partial charge in [-0.15, -0.1) is 12.4 Å². The first kappa shape index (κ1) is 15.3. The third-order valence-corrected chi connectivity index (χ3v) is 2.79. The van der Waals surface area contributed by atoms with Crippen LogP contribution in [0, 0.1) is 15.9 Å². The summed E-state index contributed by atoms with van der Waals surface area (Å²) in [6, 6.07) is 3.00. The van der Waals surface area contributed by atoms with Gasteiger partial charge in [-0.3, -0.25) is 14.9 Å². The fraction of sp³-hybridized carbons (Fsp3) is 0.364. The lowest BCUT2D eigenvalue weighted by Gasteiger charge is -2.27. The van der Waals surface area contributed by atoms with E-state index in [1.54, 1.807) is 0 Å². The fourth-order valence-corrected chi connectivity index (χ4v) is 1.87. The predicted molar refractivity (Wildman–Crippen MR) is 69.1 cm³/mol. The topological polar surface area (TPSA) is 75.5 Å². The average Bonchev–Trinajstić information content (AvgIpc) is 2.39. The van der Waals surface area contributed by atoms with Crippen LogP contribution >= 0.6 is 12.4 Å². The minimum Gasteiger partial charge on any atom is -0.336 e. The third-order valence-electron chi connectivity index (χ3n) is 2.79. The zero-order chi connectivity index (χ0) is 13.1. The molecule has 6 nitrogen and oxygen atoms in total. The van der Waals surface area contributed by atoms with Gasteiger partial charge in [-0.2, -0.15) is 0 Å². The van der Waals surface area contributed by atoms with Crippen LogP contribution in [-0.2, 0) is 0 Å². The van der Waals surface area contributed by atoms with Crippen LogP contribution < -0.4 is 5.32 Å². The molecular weight excluding hydrogens is 277 g/mol. The van der Waals surface area contributed by atoms with Crippen molar-refractivity contribution in [1.82, 2.24) is 10.2 Å². The minimum atomic E-state index is -0.738. The number of piperazine rings is 1. The van der Waals surface area contributed by atoms with Gasteiger partial charge in [-0.05, 0) is 12.1 Å². The number of hydrogen-bond donors (Lipinski definition) is 1. The van der Waals surface area contributed by atoms with Gasteiger partial charge in [0.2, 0.25) is 0 Å². The van der Waals surface area contributed by atoms with Crippen molar-refractivity contribution in [2.45, 2.75) is 0 Å². The number of carbonyl (C=O) groups is 1. The first-order valence-electron chi connectivity index (χ1n) is 5.53. The van der Waals surface area contributed by atoms with Crippen LogP contribution in [-0.4, -0.2) is 41.9 Å². The average molecular weight is 290 g/mol. The van der Waals surface area contributed by atoms with Gasteiger partial charge in [0.15, 0.2) is 0 Å². The second kappa shape index (κ2) is 6.44. The minimum absolute atomic E-state index is 0. The van der Waals surface area contributed by atoms with Crippen LogP contribution in [0.25, 0.3) is 0 Å². The monoisotopic (exact) mass is 289 g/mol. The molecule has 1 amide bonds. The molecule has 0 bridgehead atoms. The van der Waals surface area contributed by atoms with Crippen molar-refractivity contribution >= 4 is 24.0 Å². The Bertz CT molecular complexity index is 492. The molecule has 0 spiro atoms. The predicted octanol–water partition coefficient (Wildman–Crippen LogP) is 1.20. The van der Waals surface area contributed by atoms with Crippen LogP contribution in [0.1, 0.15) is 10.4 Å². The van der Waals surface area contributed by atoms with E-state index in [1.807, 2.05) is 0 Å². The molecule has 0 saturated carbocycles. The molecule has 0 atom stereocenters. The third kappa shape index (κ3) is 3.39. The highest BCUT2D eigenvalue weighted by Gasteiger charge is 2.25. The molecule has 1 aliphatic rings. The zero-order valence-electron chi connectivity index (χ0n) is 9.97. The molecule has 1 saturated heterocycles. The molecule has 0 aliphatic carbocycles. The maximum atomic E-state index is 13.0. The molecule has 0 radical (unpaired) electrons. The highest BCUT2D eigenvalue weighted by Crippen LogP contribution is 2.21. The Morgan fingerprint density at radius 3 is 2.58 bits per heavy atom. The lowest BCUT2D eigenvalue weighted by atomic mass is 10.1. The Kier molecular flexibility index (Phi) is 5.20. The Morgan fingerprint density at radius 2 is 2.00 bits per heavy atom. The van der Waals surface area contributed by atoms with E-state index in [9.17, 15) is 19.3 Å². The smallest absolute Gasteiger partial charge is 0.285 e.